The van der Waals surface area contributed by atoms with E-state index < -0.39 is 4.92 Å². The fraction of sp³-hybridized carbons (Fsp3) is 0.200. The van der Waals surface area contributed by atoms with Gasteiger partial charge in [-0.1, -0.05) is 12.1 Å². The monoisotopic (exact) mass is 309 g/mol. The normalized spacial score (nSPS) is 14.0. The smallest absolute Gasteiger partial charge is 0.270 e. The van der Waals surface area contributed by atoms with Crippen molar-refractivity contribution in [1.82, 2.24) is 19.6 Å². The average Bonchev–Trinajstić information content (AvgIpc) is 3.01. The topological polar surface area (TPSA) is 103 Å². The number of carbonyl (C=O) groups is 1. The highest BCUT2D eigenvalue weighted by Gasteiger charge is 2.27. The van der Waals surface area contributed by atoms with Gasteiger partial charge in [0.05, 0.1) is 21.9 Å². The van der Waals surface area contributed by atoms with Crippen LogP contribution in [0.1, 0.15) is 28.9 Å². The quantitative estimate of drug-likeness (QED) is 0.531. The summed E-state index contributed by atoms with van der Waals surface area (Å²) in [6, 6.07) is 6.18. The molecule has 0 spiro atoms. The molecule has 2 aromatic heterocycles. The number of fused-ring (bicyclic) bond motifs is 2. The van der Waals surface area contributed by atoms with Crippen LogP contribution in [0.25, 0.3) is 17.0 Å². The fourth-order valence-electron chi connectivity index (χ4n) is 2.94. The molecule has 8 nitrogen and oxygen atoms in total. The molecule has 2 heterocycles. The molecule has 0 amide bonds. The van der Waals surface area contributed by atoms with E-state index in [1.165, 1.54) is 23.0 Å². The molecule has 23 heavy (non-hydrogen) atoms. The maximum absolute atomic E-state index is 12.4. The number of ketones is 1. The lowest BCUT2D eigenvalue weighted by molar-refractivity contribution is -0.384. The van der Waals surface area contributed by atoms with Crippen LogP contribution in [0.3, 0.4) is 0 Å². The van der Waals surface area contributed by atoms with Crippen LogP contribution < -0.4 is 0 Å². The SMILES string of the molecule is O=C1CCCc2nc3ncnn3c(-c3cccc([N+](=O)[O-])c3)c21. The summed E-state index contributed by atoms with van der Waals surface area (Å²) >= 11 is 0. The fourth-order valence-corrected chi connectivity index (χ4v) is 2.94. The van der Waals surface area contributed by atoms with Crippen LogP contribution in [0.2, 0.25) is 0 Å². The lowest BCUT2D eigenvalue weighted by Gasteiger charge is -2.18. The molecule has 0 atom stereocenters. The van der Waals surface area contributed by atoms with E-state index in [-0.39, 0.29) is 11.5 Å². The number of nitrogens with zero attached hydrogens (tertiary/aromatic N) is 5. The number of rotatable bonds is 2. The Morgan fingerprint density at radius 2 is 2.13 bits per heavy atom. The largest absolute Gasteiger partial charge is 0.294 e. The molecular weight excluding hydrogens is 298 g/mol. The number of nitro groups is 1. The lowest BCUT2D eigenvalue weighted by atomic mass is 9.91. The number of Topliss-reactive ketones (excluding diaryl/α,β-unsaturated/α-hetero) is 1. The second-order valence-corrected chi connectivity index (χ2v) is 5.34. The lowest BCUT2D eigenvalue weighted by Crippen LogP contribution is -2.17. The highest BCUT2D eigenvalue weighted by Crippen LogP contribution is 2.32. The minimum Gasteiger partial charge on any atom is -0.294 e. The minimum absolute atomic E-state index is 0.0161. The molecule has 1 aliphatic carbocycles. The molecule has 3 aromatic rings. The third-order valence-corrected chi connectivity index (χ3v) is 3.93. The van der Waals surface area contributed by atoms with E-state index in [9.17, 15) is 14.9 Å². The summed E-state index contributed by atoms with van der Waals surface area (Å²) in [6.45, 7) is 0. The van der Waals surface area contributed by atoms with Crippen molar-refractivity contribution in [2.24, 2.45) is 0 Å². The van der Waals surface area contributed by atoms with Crippen LogP contribution in [0, 0.1) is 10.1 Å². The Labute approximate surface area is 130 Å². The molecule has 0 N–H and O–H groups in total. The van der Waals surface area contributed by atoms with Gasteiger partial charge >= 0.3 is 0 Å². The summed E-state index contributed by atoms with van der Waals surface area (Å²) in [6.07, 6.45) is 3.24. The van der Waals surface area contributed by atoms with Gasteiger partial charge in [-0.05, 0) is 12.8 Å². The Balaban J connectivity index is 2.07. The van der Waals surface area contributed by atoms with Gasteiger partial charge in [-0.25, -0.2) is 4.98 Å². The van der Waals surface area contributed by atoms with Gasteiger partial charge in [-0.3, -0.25) is 14.9 Å². The predicted octanol–water partition coefficient (Wildman–Crippen LogP) is 2.22. The number of aryl methyl sites for hydroxylation is 1. The summed E-state index contributed by atoms with van der Waals surface area (Å²) in [4.78, 5) is 31.5. The van der Waals surface area contributed by atoms with Gasteiger partial charge in [0.1, 0.15) is 6.33 Å². The van der Waals surface area contributed by atoms with Gasteiger partial charge in [-0.2, -0.15) is 14.6 Å². The number of hydrogen-bond donors (Lipinski definition) is 0. The molecule has 0 fully saturated rings. The van der Waals surface area contributed by atoms with Crippen molar-refractivity contribution in [3.8, 4) is 11.3 Å². The maximum Gasteiger partial charge on any atom is 0.270 e. The maximum atomic E-state index is 12.4. The zero-order valence-electron chi connectivity index (χ0n) is 12.0. The first kappa shape index (κ1) is 13.5. The van der Waals surface area contributed by atoms with Crippen molar-refractivity contribution in [2.75, 3.05) is 0 Å². The average molecular weight is 309 g/mol. The third-order valence-electron chi connectivity index (χ3n) is 3.93. The molecule has 0 saturated heterocycles. The van der Waals surface area contributed by atoms with Gasteiger partial charge in [-0.15, -0.1) is 0 Å². The van der Waals surface area contributed by atoms with E-state index in [0.29, 0.717) is 41.1 Å². The highest BCUT2D eigenvalue weighted by molar-refractivity contribution is 6.03. The van der Waals surface area contributed by atoms with Crippen LogP contribution in [-0.2, 0) is 6.42 Å². The van der Waals surface area contributed by atoms with E-state index in [2.05, 4.69) is 15.1 Å². The number of carbonyl (C=O) groups excluding carboxylic acids is 1. The van der Waals surface area contributed by atoms with Crippen molar-refractivity contribution in [3.05, 3.63) is 52.0 Å². The van der Waals surface area contributed by atoms with Crippen LogP contribution in [0.4, 0.5) is 5.69 Å². The molecule has 0 radical (unpaired) electrons. The molecule has 4 rings (SSSR count). The predicted molar refractivity (Wildman–Crippen MR) is 80.1 cm³/mol. The summed E-state index contributed by atoms with van der Waals surface area (Å²) in [7, 11) is 0. The summed E-state index contributed by atoms with van der Waals surface area (Å²) < 4.78 is 1.47. The van der Waals surface area contributed by atoms with Crippen molar-refractivity contribution >= 4 is 17.2 Å². The molecule has 1 aliphatic rings. The van der Waals surface area contributed by atoms with Gasteiger partial charge in [0.25, 0.3) is 11.5 Å². The zero-order chi connectivity index (χ0) is 16.0. The Kier molecular flexibility index (Phi) is 2.90. The molecule has 0 unspecified atom stereocenters. The second-order valence-electron chi connectivity index (χ2n) is 5.34. The number of benzene rings is 1. The number of hydrogen-bond acceptors (Lipinski definition) is 6. The summed E-state index contributed by atoms with van der Waals surface area (Å²) in [5.41, 5.74) is 2.22. The second kappa shape index (κ2) is 4.94. The van der Waals surface area contributed by atoms with Crippen LogP contribution >= 0.6 is 0 Å². The first-order valence-electron chi connectivity index (χ1n) is 7.16. The van der Waals surface area contributed by atoms with E-state index >= 15 is 0 Å². The Morgan fingerprint density at radius 3 is 2.96 bits per heavy atom. The van der Waals surface area contributed by atoms with Gasteiger partial charge < -0.3 is 0 Å². The van der Waals surface area contributed by atoms with Gasteiger partial charge in [0, 0.05) is 24.1 Å². The number of non-ortho nitro benzene ring substituents is 1. The molecule has 1 aromatic carbocycles. The number of nitro benzene ring substituents is 1. The van der Waals surface area contributed by atoms with Crippen molar-refractivity contribution in [1.29, 1.82) is 0 Å². The van der Waals surface area contributed by atoms with E-state index in [1.54, 1.807) is 12.1 Å². The number of aromatic nitrogens is 4. The van der Waals surface area contributed by atoms with Crippen LogP contribution in [0.5, 0.6) is 0 Å². The van der Waals surface area contributed by atoms with E-state index in [0.717, 1.165) is 6.42 Å². The third kappa shape index (κ3) is 2.07. The molecule has 114 valence electrons. The Bertz CT molecular complexity index is 963. The van der Waals surface area contributed by atoms with Crippen molar-refractivity contribution in [2.45, 2.75) is 19.3 Å². The van der Waals surface area contributed by atoms with Crippen molar-refractivity contribution in [3.63, 3.8) is 0 Å². The molecule has 8 heteroatoms. The standard InChI is InChI=1S/C15H11N5O3/c21-12-6-2-5-11-13(12)14(19-15(18-11)16-8-17-19)9-3-1-4-10(7-9)20(22)23/h1,3-4,7-8H,2,5-6H2. The summed E-state index contributed by atoms with van der Waals surface area (Å²) in [5.74, 6) is 0.373. The van der Waals surface area contributed by atoms with Crippen LogP contribution in [-0.4, -0.2) is 30.3 Å². The molecule has 0 saturated carbocycles. The Hall–Kier alpha value is -3.16. The summed E-state index contributed by atoms with van der Waals surface area (Å²) in [5, 5.41) is 15.2. The van der Waals surface area contributed by atoms with E-state index in [4.69, 9.17) is 0 Å². The van der Waals surface area contributed by atoms with Gasteiger partial charge in [0.2, 0.25) is 0 Å². The first-order valence-corrected chi connectivity index (χ1v) is 7.16. The molecule has 0 bridgehead atoms. The highest BCUT2D eigenvalue weighted by atomic mass is 16.6. The van der Waals surface area contributed by atoms with Crippen LogP contribution in [0.15, 0.2) is 30.6 Å². The molecular formula is C15H11N5O3. The first-order chi connectivity index (χ1) is 11.1. The van der Waals surface area contributed by atoms with E-state index in [1.807, 2.05) is 0 Å². The minimum atomic E-state index is -0.461. The Morgan fingerprint density at radius 1 is 1.26 bits per heavy atom. The molecule has 0 aliphatic heterocycles. The van der Waals surface area contributed by atoms with Crippen molar-refractivity contribution < 1.29 is 9.72 Å². The van der Waals surface area contributed by atoms with Gasteiger partial charge in [0.15, 0.2) is 5.78 Å². The zero-order valence-corrected chi connectivity index (χ0v) is 12.0.